The summed E-state index contributed by atoms with van der Waals surface area (Å²) in [6.07, 6.45) is 0. The van der Waals surface area contributed by atoms with Gasteiger partial charge in [-0.05, 0) is 65.8 Å². The van der Waals surface area contributed by atoms with Crippen LogP contribution in [0.3, 0.4) is 0 Å². The Kier molecular flexibility index (Phi) is 4.82. The summed E-state index contributed by atoms with van der Waals surface area (Å²) in [5.41, 5.74) is 6.53. The van der Waals surface area contributed by atoms with Crippen molar-refractivity contribution in [3.05, 3.63) is 75.3 Å². The van der Waals surface area contributed by atoms with Crippen molar-refractivity contribution in [1.82, 2.24) is 0 Å². The van der Waals surface area contributed by atoms with Gasteiger partial charge in [0.05, 0.1) is 4.92 Å². The first kappa shape index (κ1) is 17.5. The maximum Gasteiger partial charge on any atom is 0.269 e. The maximum atomic E-state index is 10.8. The Labute approximate surface area is 152 Å². The molecular formula is C21H21NO2S. The van der Waals surface area contributed by atoms with Crippen molar-refractivity contribution in [3.8, 4) is 11.1 Å². The predicted molar refractivity (Wildman–Crippen MR) is 104 cm³/mol. The SMILES string of the molecule is Cc1cc(Sc2ccc([N+](=O)[O-])cc2)c2c(C)ccc(C(C)C)cc1-2. The molecule has 1 aromatic carbocycles. The number of non-ortho nitro benzene ring substituents is 1. The van der Waals surface area contributed by atoms with Crippen LogP contribution in [0.25, 0.3) is 11.1 Å². The number of aryl methyl sites for hydroxylation is 2. The van der Waals surface area contributed by atoms with Crippen LogP contribution in [0.1, 0.15) is 36.5 Å². The van der Waals surface area contributed by atoms with Gasteiger partial charge in [0.15, 0.2) is 0 Å². The second kappa shape index (κ2) is 6.89. The summed E-state index contributed by atoms with van der Waals surface area (Å²) in [4.78, 5) is 12.7. The molecule has 4 heteroatoms. The van der Waals surface area contributed by atoms with Crippen LogP contribution in [-0.2, 0) is 0 Å². The molecule has 0 spiro atoms. The normalized spacial score (nSPS) is 11.2. The number of hydrogen-bond acceptors (Lipinski definition) is 3. The lowest BCUT2D eigenvalue weighted by Crippen LogP contribution is -1.86. The minimum absolute atomic E-state index is 0.122. The molecule has 0 unspecified atom stereocenters. The molecule has 3 nitrogen and oxygen atoms in total. The molecule has 0 saturated carbocycles. The first-order valence-electron chi connectivity index (χ1n) is 8.33. The highest BCUT2D eigenvalue weighted by Crippen LogP contribution is 2.43. The highest BCUT2D eigenvalue weighted by Gasteiger charge is 2.17. The fourth-order valence-electron chi connectivity index (χ4n) is 2.99. The molecular weight excluding hydrogens is 330 g/mol. The van der Waals surface area contributed by atoms with Gasteiger partial charge in [-0.15, -0.1) is 0 Å². The third-order valence-corrected chi connectivity index (χ3v) is 5.51. The molecule has 0 bridgehead atoms. The first-order valence-corrected chi connectivity index (χ1v) is 9.14. The van der Waals surface area contributed by atoms with Crippen LogP contribution in [0.2, 0.25) is 0 Å². The van der Waals surface area contributed by atoms with Crippen LogP contribution in [-0.4, -0.2) is 4.92 Å². The van der Waals surface area contributed by atoms with Crippen molar-refractivity contribution >= 4 is 17.4 Å². The topological polar surface area (TPSA) is 43.1 Å². The summed E-state index contributed by atoms with van der Waals surface area (Å²) in [7, 11) is 0. The summed E-state index contributed by atoms with van der Waals surface area (Å²) in [6, 6.07) is 15.7. The number of hydrogen-bond donors (Lipinski definition) is 0. The molecule has 0 aliphatic heterocycles. The fourth-order valence-corrected chi connectivity index (χ4v) is 4.13. The Balaban J connectivity index is 2.02. The summed E-state index contributed by atoms with van der Waals surface area (Å²) in [5, 5.41) is 10.8. The minimum Gasteiger partial charge on any atom is -0.258 e. The number of benzene rings is 1. The number of nitro groups is 1. The number of nitro benzene ring substituents is 1. The molecule has 0 heterocycles. The van der Waals surface area contributed by atoms with Gasteiger partial charge in [-0.2, -0.15) is 0 Å². The molecule has 2 aliphatic rings. The molecule has 1 aromatic rings. The molecule has 2 aliphatic carbocycles. The van der Waals surface area contributed by atoms with E-state index < -0.39 is 0 Å². The van der Waals surface area contributed by atoms with E-state index in [4.69, 9.17) is 0 Å². The zero-order valence-electron chi connectivity index (χ0n) is 14.9. The van der Waals surface area contributed by atoms with Crippen molar-refractivity contribution in [3.63, 3.8) is 0 Å². The Morgan fingerprint density at radius 2 is 1.64 bits per heavy atom. The third-order valence-electron chi connectivity index (χ3n) is 4.46. The van der Waals surface area contributed by atoms with Crippen LogP contribution in [0, 0.1) is 24.0 Å². The molecule has 0 atom stereocenters. The number of rotatable bonds is 4. The molecule has 25 heavy (non-hydrogen) atoms. The van der Waals surface area contributed by atoms with E-state index in [1.165, 1.54) is 32.7 Å². The largest absolute Gasteiger partial charge is 0.269 e. The second-order valence-electron chi connectivity index (χ2n) is 6.65. The number of fused-ring (bicyclic) bond motifs is 1. The van der Waals surface area contributed by atoms with Crippen molar-refractivity contribution in [2.75, 3.05) is 0 Å². The Morgan fingerprint density at radius 1 is 0.960 bits per heavy atom. The van der Waals surface area contributed by atoms with Gasteiger partial charge in [-0.3, -0.25) is 10.1 Å². The maximum absolute atomic E-state index is 10.8. The van der Waals surface area contributed by atoms with Crippen LogP contribution < -0.4 is 0 Å². The second-order valence-corrected chi connectivity index (χ2v) is 7.76. The summed E-state index contributed by atoms with van der Waals surface area (Å²) < 4.78 is 0. The van der Waals surface area contributed by atoms with Crippen molar-refractivity contribution in [2.45, 2.75) is 43.4 Å². The van der Waals surface area contributed by atoms with E-state index in [-0.39, 0.29) is 10.6 Å². The molecule has 128 valence electrons. The van der Waals surface area contributed by atoms with Gasteiger partial charge >= 0.3 is 0 Å². The van der Waals surface area contributed by atoms with E-state index in [1.807, 2.05) is 12.1 Å². The van der Waals surface area contributed by atoms with Crippen LogP contribution in [0.5, 0.6) is 0 Å². The first-order chi connectivity index (χ1) is 11.9. The van der Waals surface area contributed by atoms with E-state index in [2.05, 4.69) is 52.0 Å². The van der Waals surface area contributed by atoms with Crippen LogP contribution in [0.4, 0.5) is 5.69 Å². The minimum atomic E-state index is -0.367. The monoisotopic (exact) mass is 351 g/mol. The van der Waals surface area contributed by atoms with Crippen LogP contribution >= 0.6 is 11.8 Å². The summed E-state index contributed by atoms with van der Waals surface area (Å²) in [5.74, 6) is 0.482. The van der Waals surface area contributed by atoms with Gasteiger partial charge in [0.1, 0.15) is 0 Å². The highest BCUT2D eigenvalue weighted by molar-refractivity contribution is 7.99. The quantitative estimate of drug-likeness (QED) is 0.393. The average Bonchev–Trinajstić information content (AvgIpc) is 2.75. The van der Waals surface area contributed by atoms with E-state index in [0.29, 0.717) is 5.92 Å². The Hall–Kier alpha value is -2.33. The lowest BCUT2D eigenvalue weighted by molar-refractivity contribution is -0.384. The zero-order valence-corrected chi connectivity index (χ0v) is 15.7. The lowest BCUT2D eigenvalue weighted by atomic mass is 10.0. The van der Waals surface area contributed by atoms with E-state index >= 15 is 0 Å². The molecule has 0 amide bonds. The summed E-state index contributed by atoms with van der Waals surface area (Å²) >= 11 is 1.66. The van der Waals surface area contributed by atoms with Gasteiger partial charge in [0, 0.05) is 21.9 Å². The van der Waals surface area contributed by atoms with Gasteiger partial charge in [0.25, 0.3) is 5.69 Å². The molecule has 0 aromatic heterocycles. The van der Waals surface area contributed by atoms with Gasteiger partial charge in [-0.1, -0.05) is 43.8 Å². The molecule has 0 radical (unpaired) electrons. The third kappa shape index (κ3) is 3.54. The molecule has 3 rings (SSSR count). The van der Waals surface area contributed by atoms with Gasteiger partial charge in [-0.25, -0.2) is 0 Å². The van der Waals surface area contributed by atoms with E-state index in [0.717, 1.165) is 4.90 Å². The molecule has 0 saturated heterocycles. The Morgan fingerprint density at radius 3 is 2.24 bits per heavy atom. The smallest absolute Gasteiger partial charge is 0.258 e. The number of nitrogens with zero attached hydrogens (tertiary/aromatic N) is 1. The van der Waals surface area contributed by atoms with Crippen molar-refractivity contribution in [2.24, 2.45) is 0 Å². The van der Waals surface area contributed by atoms with E-state index in [9.17, 15) is 10.1 Å². The predicted octanol–water partition coefficient (Wildman–Crippen LogP) is 6.59. The summed E-state index contributed by atoms with van der Waals surface area (Å²) in [6.45, 7) is 8.71. The Bertz CT molecular complexity index is 901. The van der Waals surface area contributed by atoms with Gasteiger partial charge < -0.3 is 0 Å². The molecule has 0 N–H and O–H groups in total. The average molecular weight is 351 g/mol. The highest BCUT2D eigenvalue weighted by atomic mass is 32.2. The van der Waals surface area contributed by atoms with Gasteiger partial charge in [0.2, 0.25) is 0 Å². The van der Waals surface area contributed by atoms with Crippen molar-refractivity contribution in [1.29, 1.82) is 0 Å². The fraction of sp³-hybridized carbons (Fsp3) is 0.238. The lowest BCUT2D eigenvalue weighted by Gasteiger charge is -2.06. The van der Waals surface area contributed by atoms with Crippen molar-refractivity contribution < 1.29 is 4.92 Å². The molecule has 0 fully saturated rings. The van der Waals surface area contributed by atoms with E-state index in [1.54, 1.807) is 23.9 Å². The zero-order chi connectivity index (χ0) is 18.1. The van der Waals surface area contributed by atoms with Crippen LogP contribution in [0.15, 0.2) is 58.3 Å². The standard InChI is InChI=1S/C21H21NO2S/c1-13(2)16-6-5-14(3)21-19(12-16)15(4)11-20(21)25-18-9-7-17(8-10-18)22(23)24/h5-13H,1-4H3.